The molecule has 0 saturated carbocycles. The summed E-state index contributed by atoms with van der Waals surface area (Å²) in [6, 6.07) is 11.3. The second kappa shape index (κ2) is 14.1. The molecule has 9 N–H and O–H groups in total. The van der Waals surface area contributed by atoms with Crippen LogP contribution in [0.4, 0.5) is 0 Å². The molecule has 4 amide bonds. The Balaban J connectivity index is 1.88. The minimum absolute atomic E-state index is 0.0267. The SMILES string of the molecule is NC(=O)CC(N)C(=O)NC(Cc1c[nH]c2ccccc12)C(=O)NC(Cc1ccccc1)C(=O)NC(CS)C(=O)O. The molecule has 1 aromatic heterocycles. The van der Waals surface area contributed by atoms with E-state index in [1.165, 1.54) is 0 Å². The lowest BCUT2D eigenvalue weighted by Crippen LogP contribution is -2.58. The van der Waals surface area contributed by atoms with Gasteiger partial charge in [-0.2, -0.15) is 12.6 Å². The molecule has 3 rings (SSSR count). The number of primary amides is 1. The van der Waals surface area contributed by atoms with Gasteiger partial charge in [-0.15, -0.1) is 0 Å². The van der Waals surface area contributed by atoms with Crippen LogP contribution in [0.15, 0.2) is 60.8 Å². The van der Waals surface area contributed by atoms with Crippen molar-refractivity contribution in [3.05, 3.63) is 71.9 Å². The summed E-state index contributed by atoms with van der Waals surface area (Å²) >= 11 is 3.98. The summed E-state index contributed by atoms with van der Waals surface area (Å²) in [5, 5.41) is 17.8. The minimum Gasteiger partial charge on any atom is -0.480 e. The van der Waals surface area contributed by atoms with Gasteiger partial charge in [0.1, 0.15) is 18.1 Å². The molecule has 0 aliphatic carbocycles. The number of aromatic amines is 1. The molecule has 3 aromatic rings. The summed E-state index contributed by atoms with van der Waals surface area (Å²) < 4.78 is 0. The summed E-state index contributed by atoms with van der Waals surface area (Å²) in [5.74, 6) is -4.44. The molecule has 0 spiro atoms. The van der Waals surface area contributed by atoms with E-state index in [0.29, 0.717) is 11.1 Å². The number of hydrogen-bond acceptors (Lipinski definition) is 7. The van der Waals surface area contributed by atoms with E-state index >= 15 is 0 Å². The molecule has 13 heteroatoms. The molecule has 0 radical (unpaired) electrons. The number of hydrogen-bond donors (Lipinski definition) is 8. The number of amides is 4. The molecule has 212 valence electrons. The highest BCUT2D eigenvalue weighted by Crippen LogP contribution is 2.19. The number of nitrogens with one attached hydrogen (secondary N) is 4. The van der Waals surface area contributed by atoms with Gasteiger partial charge in [0.25, 0.3) is 0 Å². The smallest absolute Gasteiger partial charge is 0.327 e. The normalized spacial score (nSPS) is 13.9. The van der Waals surface area contributed by atoms with Crippen LogP contribution in [-0.4, -0.2) is 69.6 Å². The molecule has 2 aromatic carbocycles. The summed E-state index contributed by atoms with van der Waals surface area (Å²) in [6.07, 6.45) is 1.36. The van der Waals surface area contributed by atoms with Crippen LogP contribution in [0.25, 0.3) is 10.9 Å². The van der Waals surface area contributed by atoms with Crippen LogP contribution in [0.3, 0.4) is 0 Å². The van der Waals surface area contributed by atoms with E-state index < -0.39 is 60.2 Å². The highest BCUT2D eigenvalue weighted by Gasteiger charge is 2.31. The molecular weight excluding hydrogens is 536 g/mol. The number of aromatic nitrogens is 1. The Morgan fingerprint density at radius 2 is 1.40 bits per heavy atom. The molecule has 0 aliphatic heterocycles. The van der Waals surface area contributed by atoms with E-state index in [0.717, 1.165) is 10.9 Å². The number of thiol groups is 1. The second-order valence-electron chi connectivity index (χ2n) is 9.23. The number of aliphatic carboxylic acids is 1. The fourth-order valence-electron chi connectivity index (χ4n) is 4.11. The Morgan fingerprint density at radius 3 is 2.02 bits per heavy atom. The van der Waals surface area contributed by atoms with Crippen LogP contribution in [-0.2, 0) is 36.8 Å². The van der Waals surface area contributed by atoms with Crippen LogP contribution in [0.1, 0.15) is 17.5 Å². The minimum atomic E-state index is -1.29. The monoisotopic (exact) mass is 568 g/mol. The maximum Gasteiger partial charge on any atom is 0.327 e. The number of fused-ring (bicyclic) bond motifs is 1. The van der Waals surface area contributed by atoms with Gasteiger partial charge in [-0.3, -0.25) is 19.2 Å². The first-order chi connectivity index (χ1) is 19.1. The average molecular weight is 569 g/mol. The largest absolute Gasteiger partial charge is 0.480 e. The van der Waals surface area contributed by atoms with Crippen molar-refractivity contribution in [2.24, 2.45) is 11.5 Å². The Hall–Kier alpha value is -4.36. The van der Waals surface area contributed by atoms with Gasteiger partial charge in [-0.1, -0.05) is 48.5 Å². The molecule has 4 unspecified atom stereocenters. The van der Waals surface area contributed by atoms with Gasteiger partial charge >= 0.3 is 5.97 Å². The predicted molar refractivity (Wildman–Crippen MR) is 151 cm³/mol. The number of nitrogens with two attached hydrogens (primary N) is 2. The van der Waals surface area contributed by atoms with Crippen LogP contribution in [0, 0.1) is 0 Å². The van der Waals surface area contributed by atoms with E-state index in [4.69, 9.17) is 11.5 Å². The van der Waals surface area contributed by atoms with E-state index in [1.54, 1.807) is 36.5 Å². The average Bonchev–Trinajstić information content (AvgIpc) is 3.33. The lowest BCUT2D eigenvalue weighted by Gasteiger charge is -2.25. The van der Waals surface area contributed by atoms with Crippen molar-refractivity contribution in [3.8, 4) is 0 Å². The van der Waals surface area contributed by atoms with Crippen molar-refractivity contribution in [1.29, 1.82) is 0 Å². The zero-order valence-corrected chi connectivity index (χ0v) is 22.4. The van der Waals surface area contributed by atoms with Crippen molar-refractivity contribution < 1.29 is 29.1 Å². The van der Waals surface area contributed by atoms with Crippen molar-refractivity contribution in [2.45, 2.75) is 43.4 Å². The van der Waals surface area contributed by atoms with Crippen molar-refractivity contribution in [1.82, 2.24) is 20.9 Å². The third-order valence-corrected chi connectivity index (χ3v) is 6.57. The Bertz CT molecular complexity index is 1360. The first-order valence-corrected chi connectivity index (χ1v) is 13.1. The quantitative estimate of drug-likeness (QED) is 0.121. The zero-order valence-electron chi connectivity index (χ0n) is 21.5. The molecule has 4 atom stereocenters. The lowest BCUT2D eigenvalue weighted by molar-refractivity contribution is -0.141. The highest BCUT2D eigenvalue weighted by molar-refractivity contribution is 7.80. The van der Waals surface area contributed by atoms with Gasteiger partial charge in [-0.05, 0) is 17.2 Å². The van der Waals surface area contributed by atoms with E-state index in [-0.39, 0.29) is 18.6 Å². The number of carbonyl (C=O) groups excluding carboxylic acids is 4. The van der Waals surface area contributed by atoms with Gasteiger partial charge in [0, 0.05) is 35.7 Å². The summed E-state index contributed by atoms with van der Waals surface area (Å²) in [6.45, 7) is 0. The summed E-state index contributed by atoms with van der Waals surface area (Å²) in [7, 11) is 0. The predicted octanol–water partition coefficient (Wildman–Crippen LogP) is -0.375. The Morgan fingerprint density at radius 1 is 0.825 bits per heavy atom. The van der Waals surface area contributed by atoms with E-state index in [1.807, 2.05) is 24.3 Å². The van der Waals surface area contributed by atoms with Gasteiger partial charge < -0.3 is 37.5 Å². The number of benzene rings is 2. The van der Waals surface area contributed by atoms with Gasteiger partial charge in [0.05, 0.1) is 12.5 Å². The molecule has 40 heavy (non-hydrogen) atoms. The number of rotatable bonds is 14. The van der Waals surface area contributed by atoms with Crippen LogP contribution in [0.5, 0.6) is 0 Å². The molecule has 0 fully saturated rings. The highest BCUT2D eigenvalue weighted by atomic mass is 32.1. The Kier molecular flexibility index (Phi) is 10.7. The molecular formula is C27H32N6O6S. The first-order valence-electron chi connectivity index (χ1n) is 12.5. The zero-order chi connectivity index (χ0) is 29.2. The van der Waals surface area contributed by atoms with Crippen LogP contribution in [0.2, 0.25) is 0 Å². The maximum absolute atomic E-state index is 13.6. The number of carboxylic acids is 1. The van der Waals surface area contributed by atoms with Gasteiger partial charge in [0.15, 0.2) is 0 Å². The topological polar surface area (TPSA) is 209 Å². The number of carbonyl (C=O) groups is 5. The van der Waals surface area contributed by atoms with Gasteiger partial charge in [-0.25, -0.2) is 4.79 Å². The third-order valence-electron chi connectivity index (χ3n) is 6.20. The van der Waals surface area contributed by atoms with Gasteiger partial charge in [0.2, 0.25) is 23.6 Å². The number of para-hydroxylation sites is 1. The molecule has 12 nitrogen and oxygen atoms in total. The summed E-state index contributed by atoms with van der Waals surface area (Å²) in [4.78, 5) is 65.4. The standard InChI is InChI=1S/C27H32N6O6S/c28-18(12-23(29)34)24(35)31-21(11-16-13-30-19-9-5-4-8-17(16)19)26(37)32-20(10-15-6-2-1-3-7-15)25(36)33-22(14-40)27(38)39/h1-9,13,18,20-22,30,40H,10-12,14,28H2,(H2,29,34)(H,31,35)(H,32,37)(H,33,36)(H,38,39). The van der Waals surface area contributed by atoms with E-state index in [2.05, 4.69) is 33.6 Å². The third kappa shape index (κ3) is 8.32. The fourth-order valence-corrected chi connectivity index (χ4v) is 4.35. The maximum atomic E-state index is 13.6. The second-order valence-corrected chi connectivity index (χ2v) is 9.60. The van der Waals surface area contributed by atoms with Crippen molar-refractivity contribution in [3.63, 3.8) is 0 Å². The Labute approximate surface area is 235 Å². The lowest BCUT2D eigenvalue weighted by atomic mass is 10.0. The number of H-pyrrole nitrogens is 1. The van der Waals surface area contributed by atoms with Crippen LogP contribution < -0.4 is 27.4 Å². The van der Waals surface area contributed by atoms with E-state index in [9.17, 15) is 29.1 Å². The first kappa shape index (κ1) is 30.2. The molecule has 1 heterocycles. The molecule has 0 aliphatic rings. The summed E-state index contributed by atoms with van der Waals surface area (Å²) in [5.41, 5.74) is 13.2. The number of carboxylic acid groups (broad SMARTS) is 1. The van der Waals surface area contributed by atoms with Crippen LogP contribution >= 0.6 is 12.6 Å². The fraction of sp³-hybridized carbons (Fsp3) is 0.296. The molecule has 0 bridgehead atoms. The van der Waals surface area contributed by atoms with Crippen molar-refractivity contribution in [2.75, 3.05) is 5.75 Å². The molecule has 0 saturated heterocycles. The van der Waals surface area contributed by atoms with Crippen molar-refractivity contribution >= 4 is 53.1 Å².